The molecule has 1 N–H and O–H groups in total. The lowest BCUT2D eigenvalue weighted by molar-refractivity contribution is 0.00211. The first-order valence-corrected chi connectivity index (χ1v) is 5.81. The molecule has 14 heavy (non-hydrogen) atoms. The second-order valence-corrected chi connectivity index (χ2v) is 4.64. The van der Waals surface area contributed by atoms with Crippen molar-refractivity contribution in [2.45, 2.75) is 37.7 Å². The highest BCUT2D eigenvalue weighted by atomic mass is 16.5. The van der Waals surface area contributed by atoms with Crippen LogP contribution in [0.25, 0.3) is 0 Å². The van der Waals surface area contributed by atoms with Crippen LogP contribution in [-0.4, -0.2) is 48.5 Å². The lowest BCUT2D eigenvalue weighted by atomic mass is 9.98. The number of rotatable bonds is 3. The van der Waals surface area contributed by atoms with Crippen LogP contribution < -0.4 is 0 Å². The highest BCUT2D eigenvalue weighted by molar-refractivity contribution is 4.85. The number of ether oxygens (including phenoxy) is 1. The smallest absolute Gasteiger partial charge is 0.0660 e. The van der Waals surface area contributed by atoms with Gasteiger partial charge in [0, 0.05) is 19.6 Å². The average Bonchev–Trinajstić information content (AvgIpc) is 2.65. The molecule has 1 saturated carbocycles. The van der Waals surface area contributed by atoms with Crippen LogP contribution >= 0.6 is 0 Å². The van der Waals surface area contributed by atoms with Gasteiger partial charge in [-0.25, -0.2) is 0 Å². The normalized spacial score (nSPS) is 28.1. The first kappa shape index (κ1) is 10.4. The highest BCUT2D eigenvalue weighted by Gasteiger charge is 2.31. The summed E-state index contributed by atoms with van der Waals surface area (Å²) in [6.45, 7) is 4.84. The molecule has 0 atom stereocenters. The van der Waals surface area contributed by atoms with Crippen LogP contribution in [0.15, 0.2) is 0 Å². The van der Waals surface area contributed by atoms with Gasteiger partial charge in [0.2, 0.25) is 0 Å². The fourth-order valence-corrected chi connectivity index (χ4v) is 2.47. The predicted octanol–water partition coefficient (Wildman–Crippen LogP) is 1.01. The third kappa shape index (κ3) is 2.69. The Labute approximate surface area is 86.0 Å². The summed E-state index contributed by atoms with van der Waals surface area (Å²) in [5.74, 6) is 0. The Morgan fingerprint density at radius 1 is 1.14 bits per heavy atom. The van der Waals surface area contributed by atoms with Crippen LogP contribution in [0.5, 0.6) is 0 Å². The fourth-order valence-electron chi connectivity index (χ4n) is 2.47. The van der Waals surface area contributed by atoms with Crippen LogP contribution in [0.3, 0.4) is 0 Å². The van der Waals surface area contributed by atoms with Crippen molar-refractivity contribution in [1.29, 1.82) is 0 Å². The summed E-state index contributed by atoms with van der Waals surface area (Å²) in [4.78, 5) is 2.40. The SMILES string of the molecule is OC1(CCN2CCOCC2)CCCC1. The van der Waals surface area contributed by atoms with Crippen molar-refractivity contribution in [3.8, 4) is 0 Å². The molecule has 1 saturated heterocycles. The van der Waals surface area contributed by atoms with E-state index in [-0.39, 0.29) is 5.60 Å². The molecule has 82 valence electrons. The molecular weight excluding hydrogens is 178 g/mol. The van der Waals surface area contributed by atoms with E-state index in [1.807, 2.05) is 0 Å². The standard InChI is InChI=1S/C11H21NO2/c13-11(3-1-2-4-11)5-6-12-7-9-14-10-8-12/h13H,1-10H2. The van der Waals surface area contributed by atoms with Gasteiger partial charge in [0.15, 0.2) is 0 Å². The van der Waals surface area contributed by atoms with Crippen molar-refractivity contribution in [1.82, 2.24) is 4.90 Å². The van der Waals surface area contributed by atoms with Crippen LogP contribution in [0.2, 0.25) is 0 Å². The van der Waals surface area contributed by atoms with Crippen molar-refractivity contribution in [2.75, 3.05) is 32.8 Å². The summed E-state index contributed by atoms with van der Waals surface area (Å²) in [6.07, 6.45) is 5.39. The largest absolute Gasteiger partial charge is 0.390 e. The van der Waals surface area contributed by atoms with Crippen molar-refractivity contribution in [2.24, 2.45) is 0 Å². The van der Waals surface area contributed by atoms with E-state index in [4.69, 9.17) is 4.74 Å². The monoisotopic (exact) mass is 199 g/mol. The molecule has 2 rings (SSSR count). The third-order valence-corrected chi connectivity index (χ3v) is 3.53. The zero-order chi connectivity index (χ0) is 9.86. The second-order valence-electron chi connectivity index (χ2n) is 4.64. The van der Waals surface area contributed by atoms with Gasteiger partial charge in [-0.2, -0.15) is 0 Å². The van der Waals surface area contributed by atoms with Gasteiger partial charge in [-0.05, 0) is 19.3 Å². The van der Waals surface area contributed by atoms with E-state index in [1.54, 1.807) is 0 Å². The van der Waals surface area contributed by atoms with Crippen molar-refractivity contribution >= 4 is 0 Å². The van der Waals surface area contributed by atoms with Gasteiger partial charge in [-0.1, -0.05) is 12.8 Å². The maximum atomic E-state index is 10.2. The average molecular weight is 199 g/mol. The molecule has 2 aliphatic rings. The molecule has 1 aliphatic carbocycles. The molecule has 1 aliphatic heterocycles. The Morgan fingerprint density at radius 2 is 1.79 bits per heavy atom. The minimum Gasteiger partial charge on any atom is -0.390 e. The molecule has 1 heterocycles. The van der Waals surface area contributed by atoms with E-state index < -0.39 is 0 Å². The minimum atomic E-state index is -0.335. The predicted molar refractivity (Wildman–Crippen MR) is 55.3 cm³/mol. The molecule has 3 heteroatoms. The molecule has 3 nitrogen and oxygen atoms in total. The van der Waals surface area contributed by atoms with Crippen LogP contribution in [0, 0.1) is 0 Å². The number of hydrogen-bond donors (Lipinski definition) is 1. The minimum absolute atomic E-state index is 0.335. The van der Waals surface area contributed by atoms with E-state index in [0.29, 0.717) is 0 Å². The summed E-state index contributed by atoms with van der Waals surface area (Å²) in [5.41, 5.74) is -0.335. The lowest BCUT2D eigenvalue weighted by Crippen LogP contribution is -2.40. The van der Waals surface area contributed by atoms with E-state index in [9.17, 15) is 5.11 Å². The van der Waals surface area contributed by atoms with E-state index in [0.717, 1.165) is 52.1 Å². The highest BCUT2D eigenvalue weighted by Crippen LogP contribution is 2.32. The summed E-state index contributed by atoms with van der Waals surface area (Å²) in [6, 6.07) is 0. The summed E-state index contributed by atoms with van der Waals surface area (Å²) in [5, 5.41) is 10.2. The van der Waals surface area contributed by atoms with Crippen LogP contribution in [0.4, 0.5) is 0 Å². The van der Waals surface area contributed by atoms with Gasteiger partial charge in [0.1, 0.15) is 0 Å². The molecule has 0 bridgehead atoms. The fraction of sp³-hybridized carbons (Fsp3) is 1.00. The van der Waals surface area contributed by atoms with Gasteiger partial charge in [-0.3, -0.25) is 4.90 Å². The number of morpholine rings is 1. The first-order valence-electron chi connectivity index (χ1n) is 5.81. The van der Waals surface area contributed by atoms with Crippen molar-refractivity contribution in [3.63, 3.8) is 0 Å². The zero-order valence-corrected chi connectivity index (χ0v) is 8.87. The maximum Gasteiger partial charge on any atom is 0.0660 e. The third-order valence-electron chi connectivity index (χ3n) is 3.53. The molecule has 2 fully saturated rings. The molecule has 0 amide bonds. The van der Waals surface area contributed by atoms with Gasteiger partial charge < -0.3 is 9.84 Å². The van der Waals surface area contributed by atoms with Crippen molar-refractivity contribution < 1.29 is 9.84 Å². The quantitative estimate of drug-likeness (QED) is 0.736. The molecular formula is C11H21NO2. The van der Waals surface area contributed by atoms with Crippen molar-refractivity contribution in [3.05, 3.63) is 0 Å². The van der Waals surface area contributed by atoms with Crippen LogP contribution in [0.1, 0.15) is 32.1 Å². The molecule has 0 unspecified atom stereocenters. The molecule has 0 radical (unpaired) electrons. The molecule has 0 spiro atoms. The Balaban J connectivity index is 1.70. The Bertz CT molecular complexity index is 172. The molecule has 0 aromatic heterocycles. The zero-order valence-electron chi connectivity index (χ0n) is 8.87. The number of aliphatic hydroxyl groups is 1. The lowest BCUT2D eigenvalue weighted by Gasteiger charge is -2.30. The Kier molecular flexibility index (Phi) is 3.42. The maximum absolute atomic E-state index is 10.2. The Hall–Kier alpha value is -0.120. The molecule has 0 aromatic rings. The summed E-state index contributed by atoms with van der Waals surface area (Å²) >= 11 is 0. The number of hydrogen-bond acceptors (Lipinski definition) is 3. The second kappa shape index (κ2) is 4.60. The Morgan fingerprint density at radius 3 is 2.43 bits per heavy atom. The van der Waals surface area contributed by atoms with E-state index in [1.165, 1.54) is 12.8 Å². The van der Waals surface area contributed by atoms with Gasteiger partial charge in [-0.15, -0.1) is 0 Å². The van der Waals surface area contributed by atoms with Gasteiger partial charge in [0.05, 0.1) is 18.8 Å². The summed E-state index contributed by atoms with van der Waals surface area (Å²) in [7, 11) is 0. The first-order chi connectivity index (χ1) is 6.79. The van der Waals surface area contributed by atoms with Gasteiger partial charge in [0.25, 0.3) is 0 Å². The van der Waals surface area contributed by atoms with E-state index >= 15 is 0 Å². The number of nitrogens with zero attached hydrogens (tertiary/aromatic N) is 1. The topological polar surface area (TPSA) is 32.7 Å². The van der Waals surface area contributed by atoms with E-state index in [2.05, 4.69) is 4.90 Å². The van der Waals surface area contributed by atoms with Gasteiger partial charge >= 0.3 is 0 Å². The van der Waals surface area contributed by atoms with Crippen LogP contribution in [-0.2, 0) is 4.74 Å². The summed E-state index contributed by atoms with van der Waals surface area (Å²) < 4.78 is 5.29. The molecule has 0 aromatic carbocycles.